The Bertz CT molecular complexity index is 1470. The molecule has 0 radical (unpaired) electrons. The molecule has 5 nitrogen and oxygen atoms in total. The third kappa shape index (κ3) is 3.12. The van der Waals surface area contributed by atoms with Gasteiger partial charge >= 0.3 is 0 Å². The molecule has 6 rings (SSSR count). The minimum absolute atomic E-state index is 0.200. The molecule has 1 unspecified atom stereocenters. The summed E-state index contributed by atoms with van der Waals surface area (Å²) in [5.74, 6) is 0.0647. The van der Waals surface area contributed by atoms with Crippen molar-refractivity contribution >= 4 is 45.9 Å². The number of hydrogen-bond donors (Lipinski definition) is 2. The predicted molar refractivity (Wildman–Crippen MR) is 127 cm³/mol. The van der Waals surface area contributed by atoms with Gasteiger partial charge in [-0.1, -0.05) is 53.6 Å². The topological polar surface area (TPSA) is 69.4 Å². The Kier molecular flexibility index (Phi) is 4.35. The van der Waals surface area contributed by atoms with Gasteiger partial charge in [0.15, 0.2) is 11.5 Å². The van der Waals surface area contributed by atoms with Crippen molar-refractivity contribution in [2.75, 3.05) is 5.32 Å². The molecular weight excluding hydrogens is 436 g/mol. The molecule has 3 aromatic carbocycles. The van der Waals surface area contributed by atoms with E-state index in [1.54, 1.807) is 42.5 Å². The van der Waals surface area contributed by atoms with Crippen molar-refractivity contribution < 1.29 is 19.3 Å². The molecule has 2 aliphatic carbocycles. The van der Waals surface area contributed by atoms with E-state index in [0.717, 1.165) is 17.0 Å². The summed E-state index contributed by atoms with van der Waals surface area (Å²) >= 11 is 6.17. The third-order valence-electron chi connectivity index (χ3n) is 6.05. The summed E-state index contributed by atoms with van der Waals surface area (Å²) < 4.78 is 6.23. The van der Waals surface area contributed by atoms with E-state index >= 15 is 0 Å². The average Bonchev–Trinajstić information content (AvgIpc) is 2.82. The normalized spacial score (nSPS) is 17.7. The molecule has 33 heavy (non-hydrogen) atoms. The highest BCUT2D eigenvalue weighted by Gasteiger charge is 2.41. The Labute approximate surface area is 195 Å². The molecule has 160 valence electrons. The maximum Gasteiger partial charge on any atom is 0.258 e. The highest BCUT2D eigenvalue weighted by molar-refractivity contribution is 6.33. The van der Waals surface area contributed by atoms with Crippen LogP contribution in [0.15, 0.2) is 77.9 Å². The maximum atomic E-state index is 13.7. The molecule has 0 spiro atoms. The van der Waals surface area contributed by atoms with Gasteiger partial charge in [0, 0.05) is 34.0 Å². The fourth-order valence-corrected chi connectivity index (χ4v) is 4.60. The first-order valence-electron chi connectivity index (χ1n) is 10.6. The molecule has 0 aromatic heterocycles. The van der Waals surface area contributed by atoms with Crippen LogP contribution < -0.4 is 15.0 Å². The van der Waals surface area contributed by atoms with E-state index in [1.807, 2.05) is 37.3 Å². The Morgan fingerprint density at radius 2 is 1.64 bits per heavy atom. The molecule has 0 bridgehead atoms. The first kappa shape index (κ1) is 19.7. The van der Waals surface area contributed by atoms with E-state index in [0.29, 0.717) is 44.4 Å². The summed E-state index contributed by atoms with van der Waals surface area (Å²) in [5.41, 5.74) is 5.14. The number of anilines is 2. The lowest BCUT2D eigenvalue weighted by molar-refractivity contribution is -0.362. The highest BCUT2D eigenvalue weighted by Crippen LogP contribution is 2.42. The summed E-state index contributed by atoms with van der Waals surface area (Å²) in [6, 6.07) is 16.5. The third-order valence-corrected chi connectivity index (χ3v) is 6.31. The van der Waals surface area contributed by atoms with E-state index in [4.69, 9.17) is 16.3 Å². The van der Waals surface area contributed by atoms with E-state index in [2.05, 4.69) is 10.3 Å². The minimum atomic E-state index is -0.401. The average molecular weight is 454 g/mol. The van der Waals surface area contributed by atoms with Gasteiger partial charge in [-0.15, -0.1) is 0 Å². The molecule has 6 heteroatoms. The molecule has 3 aliphatic rings. The molecule has 2 N–H and O–H groups in total. The van der Waals surface area contributed by atoms with Crippen LogP contribution in [0, 0.1) is 6.92 Å². The van der Waals surface area contributed by atoms with Gasteiger partial charge in [-0.05, 0) is 31.2 Å². The van der Waals surface area contributed by atoms with Crippen molar-refractivity contribution in [1.82, 2.24) is 0 Å². The zero-order chi connectivity index (χ0) is 22.7. The second-order valence-electron chi connectivity index (χ2n) is 8.25. The highest BCUT2D eigenvalue weighted by atomic mass is 35.5. The maximum absolute atomic E-state index is 13.7. The Hall–Kier alpha value is -3.96. The lowest BCUT2D eigenvalue weighted by atomic mass is 9.81. The number of ketones is 2. The number of halogens is 1. The number of rotatable bonds is 2. The lowest BCUT2D eigenvalue weighted by Gasteiger charge is -2.26. The van der Waals surface area contributed by atoms with Crippen molar-refractivity contribution in [2.24, 2.45) is 0 Å². The van der Waals surface area contributed by atoms with Crippen LogP contribution in [0.5, 0.6) is 5.75 Å². The van der Waals surface area contributed by atoms with E-state index in [-0.39, 0.29) is 11.6 Å². The monoisotopic (exact) mass is 453 g/mol. The van der Waals surface area contributed by atoms with Gasteiger partial charge in [-0.3, -0.25) is 9.59 Å². The van der Waals surface area contributed by atoms with Crippen molar-refractivity contribution in [3.63, 3.8) is 0 Å². The Morgan fingerprint density at radius 3 is 2.36 bits per heavy atom. The van der Waals surface area contributed by atoms with E-state index < -0.39 is 6.10 Å². The molecule has 1 aliphatic heterocycles. The summed E-state index contributed by atoms with van der Waals surface area (Å²) in [4.78, 5) is 30.6. The number of fused-ring (bicyclic) bond motifs is 5. The van der Waals surface area contributed by atoms with Crippen LogP contribution in [0.2, 0.25) is 0 Å². The van der Waals surface area contributed by atoms with E-state index in [1.165, 1.54) is 0 Å². The molecule has 1 heterocycles. The molecule has 3 aromatic rings. The number of carbonyl (C=O) groups excluding carboxylic acids is 2. The van der Waals surface area contributed by atoms with Gasteiger partial charge in [0.1, 0.15) is 5.56 Å². The van der Waals surface area contributed by atoms with Crippen LogP contribution >= 0.6 is 11.6 Å². The molecule has 0 saturated heterocycles. The SMILES string of the molecule is Cc1ccc(Nc2cc3c(c4c2C(=O)c2ccccc2C4=O)[NH+]=C2C=CC(Cl)=CC2O3)cc1. The Balaban J connectivity index is 1.59. The van der Waals surface area contributed by atoms with Gasteiger partial charge in [0.05, 0.1) is 11.3 Å². The van der Waals surface area contributed by atoms with Crippen molar-refractivity contribution in [2.45, 2.75) is 13.0 Å². The summed E-state index contributed by atoms with van der Waals surface area (Å²) in [6.07, 6.45) is 4.98. The molecule has 1 atom stereocenters. The van der Waals surface area contributed by atoms with Gasteiger partial charge in [0.2, 0.25) is 17.6 Å². The summed E-state index contributed by atoms with van der Waals surface area (Å²) in [5, 5.41) is 3.90. The fourth-order valence-electron chi connectivity index (χ4n) is 4.42. The molecule has 0 fully saturated rings. The summed E-state index contributed by atoms with van der Waals surface area (Å²) in [6.45, 7) is 2.01. The van der Waals surface area contributed by atoms with Crippen LogP contribution in [0.25, 0.3) is 0 Å². The van der Waals surface area contributed by atoms with Crippen LogP contribution in [-0.4, -0.2) is 23.4 Å². The first-order valence-corrected chi connectivity index (χ1v) is 11.0. The van der Waals surface area contributed by atoms with Crippen LogP contribution in [0.1, 0.15) is 37.4 Å². The number of ether oxygens (including phenoxy) is 1. The standard InChI is InChI=1S/C27H17ClN2O3/c1-14-6-9-16(10-7-14)29-20-13-22-25(30-19-11-8-15(28)12-21(19)33-22)24-23(20)26(31)17-4-2-3-5-18(17)27(24)32/h2-13,21,29H,1H3/p+1. The zero-order valence-corrected chi connectivity index (χ0v) is 18.4. The first-order chi connectivity index (χ1) is 16.0. The quantitative estimate of drug-likeness (QED) is 0.479. The van der Waals surface area contributed by atoms with Gasteiger partial charge in [-0.2, -0.15) is 0 Å². The van der Waals surface area contributed by atoms with Crippen LogP contribution in [0.4, 0.5) is 17.1 Å². The van der Waals surface area contributed by atoms with E-state index in [9.17, 15) is 9.59 Å². The molecular formula is C27H18ClN2O3+. The summed E-state index contributed by atoms with van der Waals surface area (Å²) in [7, 11) is 0. The number of aryl methyl sites for hydroxylation is 1. The number of benzene rings is 3. The Morgan fingerprint density at radius 1 is 0.939 bits per heavy atom. The van der Waals surface area contributed by atoms with Crippen molar-refractivity contribution in [3.05, 3.63) is 106 Å². The van der Waals surface area contributed by atoms with Gasteiger partial charge in [0.25, 0.3) is 5.69 Å². The smallest absolute Gasteiger partial charge is 0.258 e. The fraction of sp³-hybridized carbons (Fsp3) is 0.0741. The van der Waals surface area contributed by atoms with Crippen molar-refractivity contribution in [1.29, 1.82) is 0 Å². The van der Waals surface area contributed by atoms with Crippen molar-refractivity contribution in [3.8, 4) is 5.75 Å². The van der Waals surface area contributed by atoms with Crippen LogP contribution in [0.3, 0.4) is 0 Å². The lowest BCUT2D eigenvalue weighted by Crippen LogP contribution is -2.72. The second-order valence-corrected chi connectivity index (χ2v) is 8.68. The predicted octanol–water partition coefficient (Wildman–Crippen LogP) is 4.12. The number of carbonyl (C=O) groups is 2. The zero-order valence-electron chi connectivity index (χ0n) is 17.6. The van der Waals surface area contributed by atoms with Gasteiger partial charge < -0.3 is 10.1 Å². The number of hydrogen-bond acceptors (Lipinski definition) is 4. The molecule has 0 amide bonds. The largest absolute Gasteiger partial charge is 0.468 e. The van der Waals surface area contributed by atoms with Crippen LogP contribution in [-0.2, 0) is 0 Å². The number of nitrogens with one attached hydrogen (secondary N) is 2. The van der Waals surface area contributed by atoms with Gasteiger partial charge in [-0.25, -0.2) is 4.99 Å². The second kappa shape index (κ2) is 7.29. The number of allylic oxidation sites excluding steroid dienone is 2. The molecule has 0 saturated carbocycles. The minimum Gasteiger partial charge on any atom is -0.468 e.